The topological polar surface area (TPSA) is 34.2 Å². The van der Waals surface area contributed by atoms with Crippen LogP contribution in [0.4, 0.5) is 0 Å². The first-order chi connectivity index (χ1) is 9.83. The SMILES string of the molecule is CCNC(c1ccncc1)C1CCOC2(CCCC2)C1. The van der Waals surface area contributed by atoms with Crippen LogP contribution in [-0.4, -0.2) is 23.7 Å². The second-order valence-corrected chi connectivity index (χ2v) is 6.31. The number of ether oxygens (including phenoxy) is 1. The summed E-state index contributed by atoms with van der Waals surface area (Å²) in [6.07, 6.45) is 11.4. The molecule has 110 valence electrons. The normalized spacial score (nSPS) is 26.8. The van der Waals surface area contributed by atoms with E-state index in [2.05, 4.69) is 29.4 Å². The van der Waals surface area contributed by atoms with Crippen molar-refractivity contribution in [1.29, 1.82) is 0 Å². The Balaban J connectivity index is 1.77. The van der Waals surface area contributed by atoms with Gasteiger partial charge in [-0.1, -0.05) is 19.8 Å². The quantitative estimate of drug-likeness (QED) is 0.913. The van der Waals surface area contributed by atoms with E-state index in [0.717, 1.165) is 13.2 Å². The largest absolute Gasteiger partial charge is 0.375 e. The first-order valence-corrected chi connectivity index (χ1v) is 8.10. The van der Waals surface area contributed by atoms with Gasteiger partial charge in [0.1, 0.15) is 0 Å². The second kappa shape index (κ2) is 6.23. The summed E-state index contributed by atoms with van der Waals surface area (Å²) in [6.45, 7) is 4.13. The summed E-state index contributed by atoms with van der Waals surface area (Å²) in [5.41, 5.74) is 1.57. The number of rotatable bonds is 4. The van der Waals surface area contributed by atoms with Crippen molar-refractivity contribution in [3.05, 3.63) is 30.1 Å². The van der Waals surface area contributed by atoms with Gasteiger partial charge in [-0.2, -0.15) is 0 Å². The lowest BCUT2D eigenvalue weighted by Gasteiger charge is -2.41. The standard InChI is InChI=1S/C17H26N2O/c1-2-19-16(14-5-10-18-11-6-14)15-7-12-20-17(13-15)8-3-4-9-17/h5-6,10-11,15-16,19H,2-4,7-9,12-13H2,1H3. The van der Waals surface area contributed by atoms with Crippen molar-refractivity contribution in [3.63, 3.8) is 0 Å². The monoisotopic (exact) mass is 274 g/mol. The van der Waals surface area contributed by atoms with Gasteiger partial charge in [0, 0.05) is 25.0 Å². The second-order valence-electron chi connectivity index (χ2n) is 6.31. The third-order valence-corrected chi connectivity index (χ3v) is 5.01. The van der Waals surface area contributed by atoms with E-state index in [0.29, 0.717) is 12.0 Å². The Morgan fingerprint density at radius 3 is 2.80 bits per heavy atom. The summed E-state index contributed by atoms with van der Waals surface area (Å²) in [6, 6.07) is 4.76. The molecule has 1 saturated heterocycles. The molecule has 3 heteroatoms. The highest BCUT2D eigenvalue weighted by atomic mass is 16.5. The van der Waals surface area contributed by atoms with Gasteiger partial charge in [0.2, 0.25) is 0 Å². The molecule has 3 rings (SSSR count). The molecule has 1 saturated carbocycles. The maximum Gasteiger partial charge on any atom is 0.0686 e. The summed E-state index contributed by atoms with van der Waals surface area (Å²) in [5.74, 6) is 0.684. The lowest BCUT2D eigenvalue weighted by Crippen LogP contribution is -2.42. The number of hydrogen-bond donors (Lipinski definition) is 1. The van der Waals surface area contributed by atoms with E-state index in [4.69, 9.17) is 4.74 Å². The van der Waals surface area contributed by atoms with Gasteiger partial charge in [-0.25, -0.2) is 0 Å². The molecule has 1 aliphatic heterocycles. The summed E-state index contributed by atoms with van der Waals surface area (Å²) >= 11 is 0. The summed E-state index contributed by atoms with van der Waals surface area (Å²) in [4.78, 5) is 4.15. The minimum Gasteiger partial charge on any atom is -0.375 e. The van der Waals surface area contributed by atoms with Gasteiger partial charge in [0.15, 0.2) is 0 Å². The minimum absolute atomic E-state index is 0.198. The highest BCUT2D eigenvalue weighted by Gasteiger charge is 2.42. The van der Waals surface area contributed by atoms with Crippen LogP contribution < -0.4 is 5.32 Å². The van der Waals surface area contributed by atoms with Crippen molar-refractivity contribution in [3.8, 4) is 0 Å². The molecular weight excluding hydrogens is 248 g/mol. The predicted octanol–water partition coefficient (Wildman–Crippen LogP) is 3.47. The van der Waals surface area contributed by atoms with E-state index < -0.39 is 0 Å². The maximum atomic E-state index is 6.18. The van der Waals surface area contributed by atoms with Crippen LogP contribution in [0.5, 0.6) is 0 Å². The first kappa shape index (κ1) is 14.0. The average molecular weight is 274 g/mol. The van der Waals surface area contributed by atoms with E-state index in [1.165, 1.54) is 44.1 Å². The van der Waals surface area contributed by atoms with E-state index in [9.17, 15) is 0 Å². The Morgan fingerprint density at radius 1 is 1.35 bits per heavy atom. The molecule has 1 spiro atoms. The van der Waals surface area contributed by atoms with Crippen molar-refractivity contribution in [2.75, 3.05) is 13.2 Å². The van der Waals surface area contributed by atoms with Gasteiger partial charge in [0.05, 0.1) is 5.60 Å². The fraction of sp³-hybridized carbons (Fsp3) is 0.706. The van der Waals surface area contributed by atoms with Crippen LogP contribution in [0.15, 0.2) is 24.5 Å². The first-order valence-electron chi connectivity index (χ1n) is 8.10. The number of nitrogens with one attached hydrogen (secondary N) is 1. The molecule has 0 amide bonds. The molecule has 3 nitrogen and oxygen atoms in total. The summed E-state index contributed by atoms with van der Waals surface area (Å²) in [5, 5.41) is 3.69. The number of hydrogen-bond acceptors (Lipinski definition) is 3. The molecule has 2 aliphatic rings. The summed E-state index contributed by atoms with van der Waals surface area (Å²) < 4.78 is 6.18. The van der Waals surface area contributed by atoms with Gasteiger partial charge >= 0.3 is 0 Å². The van der Waals surface area contributed by atoms with Crippen molar-refractivity contribution >= 4 is 0 Å². The van der Waals surface area contributed by atoms with Crippen molar-refractivity contribution in [2.24, 2.45) is 5.92 Å². The Bertz CT molecular complexity index is 414. The van der Waals surface area contributed by atoms with E-state index in [1.54, 1.807) is 0 Å². The average Bonchev–Trinajstić information content (AvgIpc) is 2.93. The van der Waals surface area contributed by atoms with Crippen LogP contribution in [-0.2, 0) is 4.74 Å². The third kappa shape index (κ3) is 2.89. The number of pyridine rings is 1. The molecule has 1 aromatic heterocycles. The van der Waals surface area contributed by atoms with Gasteiger partial charge in [-0.15, -0.1) is 0 Å². The Labute approximate surface area is 122 Å². The van der Waals surface area contributed by atoms with E-state index in [1.807, 2.05) is 12.4 Å². The van der Waals surface area contributed by atoms with Crippen LogP contribution in [0.2, 0.25) is 0 Å². The molecule has 0 bridgehead atoms. The molecule has 2 heterocycles. The lowest BCUT2D eigenvalue weighted by atomic mass is 9.78. The molecule has 1 aliphatic carbocycles. The maximum absolute atomic E-state index is 6.18. The minimum atomic E-state index is 0.198. The third-order valence-electron chi connectivity index (χ3n) is 5.01. The lowest BCUT2D eigenvalue weighted by molar-refractivity contribution is -0.0981. The highest BCUT2D eigenvalue weighted by molar-refractivity contribution is 5.17. The smallest absolute Gasteiger partial charge is 0.0686 e. The molecule has 20 heavy (non-hydrogen) atoms. The Morgan fingerprint density at radius 2 is 2.10 bits per heavy atom. The van der Waals surface area contributed by atoms with Gasteiger partial charge in [0.25, 0.3) is 0 Å². The molecule has 1 N–H and O–H groups in total. The Kier molecular flexibility index (Phi) is 4.37. The molecule has 0 aromatic carbocycles. The van der Waals surface area contributed by atoms with Crippen molar-refractivity contribution in [1.82, 2.24) is 10.3 Å². The fourth-order valence-corrected chi connectivity index (χ4v) is 4.07. The van der Waals surface area contributed by atoms with Gasteiger partial charge in [-0.3, -0.25) is 4.98 Å². The molecule has 0 radical (unpaired) electrons. The van der Waals surface area contributed by atoms with Gasteiger partial charge in [-0.05, 0) is 55.8 Å². The van der Waals surface area contributed by atoms with Crippen LogP contribution >= 0.6 is 0 Å². The zero-order chi connectivity index (χ0) is 13.8. The molecule has 2 unspecified atom stereocenters. The van der Waals surface area contributed by atoms with Crippen LogP contribution in [0, 0.1) is 5.92 Å². The fourth-order valence-electron chi connectivity index (χ4n) is 4.07. The van der Waals surface area contributed by atoms with Crippen LogP contribution in [0.1, 0.15) is 57.1 Å². The number of nitrogens with zero attached hydrogens (tertiary/aromatic N) is 1. The molecule has 2 fully saturated rings. The Hall–Kier alpha value is -0.930. The summed E-state index contributed by atoms with van der Waals surface area (Å²) in [7, 11) is 0. The van der Waals surface area contributed by atoms with Crippen LogP contribution in [0.3, 0.4) is 0 Å². The molecule has 1 aromatic rings. The zero-order valence-electron chi connectivity index (χ0n) is 12.5. The zero-order valence-corrected chi connectivity index (χ0v) is 12.5. The van der Waals surface area contributed by atoms with E-state index >= 15 is 0 Å². The molecular formula is C17H26N2O. The molecule has 2 atom stereocenters. The van der Waals surface area contributed by atoms with Crippen molar-refractivity contribution < 1.29 is 4.74 Å². The predicted molar refractivity (Wildman–Crippen MR) is 80.5 cm³/mol. The van der Waals surface area contributed by atoms with Crippen LogP contribution in [0.25, 0.3) is 0 Å². The number of aromatic nitrogens is 1. The van der Waals surface area contributed by atoms with Crippen molar-refractivity contribution in [2.45, 2.75) is 57.1 Å². The van der Waals surface area contributed by atoms with E-state index in [-0.39, 0.29) is 5.60 Å². The van der Waals surface area contributed by atoms with Gasteiger partial charge < -0.3 is 10.1 Å². The highest BCUT2D eigenvalue weighted by Crippen LogP contribution is 2.45.